The molecule has 0 saturated carbocycles. The van der Waals surface area contributed by atoms with Crippen molar-refractivity contribution >= 4 is 17.3 Å². The number of methoxy groups -OCH3 is 1. The predicted octanol–water partition coefficient (Wildman–Crippen LogP) is 1.87. The Morgan fingerprint density at radius 1 is 1.40 bits per heavy atom. The molecule has 0 fully saturated rings. The topological polar surface area (TPSA) is 67.6 Å². The summed E-state index contributed by atoms with van der Waals surface area (Å²) in [6.07, 6.45) is 0.464. The number of anilines is 2. The Labute approximate surface area is 121 Å². The molecule has 0 aliphatic heterocycles. The number of carbonyl (C=O) groups is 1. The monoisotopic (exact) mass is 279 g/mol. The minimum Gasteiger partial charge on any atom is -0.398 e. The molecule has 1 aromatic rings. The average molecular weight is 279 g/mol. The molecule has 0 bridgehead atoms. The Balaban J connectivity index is 2.45. The maximum Gasteiger partial charge on any atom is 0.225 e. The summed E-state index contributed by atoms with van der Waals surface area (Å²) in [4.78, 5) is 14.2. The molecule has 0 radical (unpaired) electrons. The molecule has 112 valence electrons. The van der Waals surface area contributed by atoms with E-state index in [1.165, 1.54) is 0 Å². The van der Waals surface area contributed by atoms with Gasteiger partial charge in [0, 0.05) is 38.0 Å². The maximum absolute atomic E-state index is 12.0. The van der Waals surface area contributed by atoms with Crippen LogP contribution in [0.1, 0.15) is 18.9 Å². The molecule has 0 spiro atoms. The second kappa shape index (κ2) is 8.55. The molecule has 0 aliphatic rings. The van der Waals surface area contributed by atoms with Gasteiger partial charge < -0.3 is 20.7 Å². The van der Waals surface area contributed by atoms with E-state index in [0.717, 1.165) is 30.9 Å². The van der Waals surface area contributed by atoms with E-state index in [0.29, 0.717) is 18.7 Å². The van der Waals surface area contributed by atoms with Crippen LogP contribution in [0.25, 0.3) is 0 Å². The zero-order valence-corrected chi connectivity index (χ0v) is 12.6. The molecule has 0 saturated heterocycles. The second-order valence-electron chi connectivity index (χ2n) is 4.75. The van der Waals surface area contributed by atoms with Crippen LogP contribution < -0.4 is 11.1 Å². The molecule has 1 amide bonds. The number of likely N-dealkylation sites (N-methyl/N-ethyl adjacent to an activating group) is 1. The van der Waals surface area contributed by atoms with Crippen LogP contribution in [-0.2, 0) is 9.53 Å². The number of hydrogen-bond acceptors (Lipinski definition) is 4. The summed E-state index contributed by atoms with van der Waals surface area (Å²) >= 11 is 0. The van der Waals surface area contributed by atoms with Crippen LogP contribution >= 0.6 is 0 Å². The van der Waals surface area contributed by atoms with E-state index < -0.39 is 0 Å². The molecule has 5 heteroatoms. The minimum absolute atomic E-state index is 0.00886. The molecule has 1 aromatic carbocycles. The van der Waals surface area contributed by atoms with Crippen molar-refractivity contribution in [1.82, 2.24) is 4.90 Å². The number of hydrogen-bond donors (Lipinski definition) is 2. The zero-order chi connectivity index (χ0) is 15.0. The van der Waals surface area contributed by atoms with Crippen molar-refractivity contribution in [1.29, 1.82) is 0 Å². The third-order valence-corrected chi connectivity index (χ3v) is 3.36. The minimum atomic E-state index is 0.00886. The number of rotatable bonds is 8. The lowest BCUT2D eigenvalue weighted by Crippen LogP contribution is -2.30. The Kier molecular flexibility index (Phi) is 7.04. The van der Waals surface area contributed by atoms with Crippen LogP contribution in [0.15, 0.2) is 18.2 Å². The standard InChI is InChI=1S/C15H25N3O2/c1-4-18(10-11-20-3)9-8-15(19)17-14-7-5-6-13(16)12(14)2/h5-7H,4,8-11,16H2,1-3H3,(H,17,19). The van der Waals surface area contributed by atoms with Crippen LogP contribution in [0.5, 0.6) is 0 Å². The molecule has 0 heterocycles. The fraction of sp³-hybridized carbons (Fsp3) is 0.533. The van der Waals surface area contributed by atoms with E-state index >= 15 is 0 Å². The Bertz CT molecular complexity index is 435. The number of nitrogens with zero attached hydrogens (tertiary/aromatic N) is 1. The van der Waals surface area contributed by atoms with Gasteiger partial charge in [-0.15, -0.1) is 0 Å². The van der Waals surface area contributed by atoms with Crippen molar-refractivity contribution in [3.05, 3.63) is 23.8 Å². The van der Waals surface area contributed by atoms with E-state index in [1.54, 1.807) is 7.11 Å². The lowest BCUT2D eigenvalue weighted by atomic mass is 10.1. The van der Waals surface area contributed by atoms with Gasteiger partial charge in [0.25, 0.3) is 0 Å². The summed E-state index contributed by atoms with van der Waals surface area (Å²) in [5, 5.41) is 2.91. The first-order chi connectivity index (χ1) is 9.58. The van der Waals surface area contributed by atoms with Crippen molar-refractivity contribution in [3.63, 3.8) is 0 Å². The van der Waals surface area contributed by atoms with Gasteiger partial charge in [0.2, 0.25) is 5.91 Å². The number of nitrogens with one attached hydrogen (secondary N) is 1. The van der Waals surface area contributed by atoms with Crippen LogP contribution in [0, 0.1) is 6.92 Å². The fourth-order valence-corrected chi connectivity index (χ4v) is 1.91. The van der Waals surface area contributed by atoms with Gasteiger partial charge in [-0.1, -0.05) is 13.0 Å². The molecule has 20 heavy (non-hydrogen) atoms. The number of carbonyl (C=O) groups excluding carboxylic acids is 1. The zero-order valence-electron chi connectivity index (χ0n) is 12.6. The van der Waals surface area contributed by atoms with Gasteiger partial charge in [0.05, 0.1) is 6.61 Å². The molecule has 0 atom stereocenters. The molecule has 1 rings (SSSR count). The van der Waals surface area contributed by atoms with Gasteiger partial charge in [0.1, 0.15) is 0 Å². The number of nitrogen functional groups attached to an aromatic ring is 1. The van der Waals surface area contributed by atoms with E-state index in [1.807, 2.05) is 25.1 Å². The second-order valence-corrected chi connectivity index (χ2v) is 4.75. The van der Waals surface area contributed by atoms with E-state index in [4.69, 9.17) is 10.5 Å². The average Bonchev–Trinajstić information content (AvgIpc) is 2.44. The maximum atomic E-state index is 12.0. The lowest BCUT2D eigenvalue weighted by Gasteiger charge is -2.19. The molecule has 3 N–H and O–H groups in total. The van der Waals surface area contributed by atoms with Crippen molar-refractivity contribution < 1.29 is 9.53 Å². The van der Waals surface area contributed by atoms with E-state index in [-0.39, 0.29) is 5.91 Å². The van der Waals surface area contributed by atoms with Crippen LogP contribution in [-0.4, -0.2) is 44.2 Å². The van der Waals surface area contributed by atoms with Gasteiger partial charge in [-0.2, -0.15) is 0 Å². The highest BCUT2D eigenvalue weighted by molar-refractivity contribution is 5.92. The quantitative estimate of drug-likeness (QED) is 0.713. The van der Waals surface area contributed by atoms with Gasteiger partial charge >= 0.3 is 0 Å². The summed E-state index contributed by atoms with van der Waals surface area (Å²) in [6, 6.07) is 5.54. The summed E-state index contributed by atoms with van der Waals surface area (Å²) in [6.45, 7) is 7.15. The highest BCUT2D eigenvalue weighted by atomic mass is 16.5. The molecule has 0 unspecified atom stereocenters. The van der Waals surface area contributed by atoms with Crippen molar-refractivity contribution in [2.45, 2.75) is 20.3 Å². The molecule has 5 nitrogen and oxygen atoms in total. The number of benzene rings is 1. The summed E-state index contributed by atoms with van der Waals surface area (Å²) < 4.78 is 5.05. The number of amides is 1. The van der Waals surface area contributed by atoms with Crippen LogP contribution in [0.2, 0.25) is 0 Å². The first-order valence-corrected chi connectivity index (χ1v) is 6.94. The fourth-order valence-electron chi connectivity index (χ4n) is 1.91. The van der Waals surface area contributed by atoms with Gasteiger partial charge in [-0.25, -0.2) is 0 Å². The molecular weight excluding hydrogens is 254 g/mol. The summed E-state index contributed by atoms with van der Waals surface area (Å²) in [5.41, 5.74) is 8.21. The van der Waals surface area contributed by atoms with Gasteiger partial charge in [-0.3, -0.25) is 4.79 Å². The van der Waals surface area contributed by atoms with Crippen LogP contribution in [0.4, 0.5) is 11.4 Å². The lowest BCUT2D eigenvalue weighted by molar-refractivity contribution is -0.116. The van der Waals surface area contributed by atoms with Crippen molar-refractivity contribution in [2.24, 2.45) is 0 Å². The SMILES string of the molecule is CCN(CCOC)CCC(=O)Nc1cccc(N)c1C. The summed E-state index contributed by atoms with van der Waals surface area (Å²) in [5.74, 6) is 0.00886. The first kappa shape index (κ1) is 16.5. The third kappa shape index (κ3) is 5.19. The van der Waals surface area contributed by atoms with E-state index in [9.17, 15) is 4.79 Å². The van der Waals surface area contributed by atoms with Crippen molar-refractivity contribution in [2.75, 3.05) is 44.4 Å². The Morgan fingerprint density at radius 2 is 2.15 bits per heavy atom. The highest BCUT2D eigenvalue weighted by Gasteiger charge is 2.09. The first-order valence-electron chi connectivity index (χ1n) is 6.94. The highest BCUT2D eigenvalue weighted by Crippen LogP contribution is 2.20. The Hall–Kier alpha value is -1.59. The normalized spacial score (nSPS) is 10.8. The smallest absolute Gasteiger partial charge is 0.225 e. The van der Waals surface area contributed by atoms with Gasteiger partial charge in [-0.05, 0) is 31.2 Å². The number of nitrogens with two attached hydrogens (primary N) is 1. The van der Waals surface area contributed by atoms with Crippen molar-refractivity contribution in [3.8, 4) is 0 Å². The molecule has 0 aliphatic carbocycles. The predicted molar refractivity (Wildman–Crippen MR) is 82.8 cm³/mol. The Morgan fingerprint density at radius 3 is 2.80 bits per heavy atom. The van der Waals surface area contributed by atoms with Gasteiger partial charge in [0.15, 0.2) is 0 Å². The molecular formula is C15H25N3O2. The number of ether oxygens (including phenoxy) is 1. The third-order valence-electron chi connectivity index (χ3n) is 3.36. The molecule has 0 aromatic heterocycles. The largest absolute Gasteiger partial charge is 0.398 e. The van der Waals surface area contributed by atoms with Crippen LogP contribution in [0.3, 0.4) is 0 Å². The summed E-state index contributed by atoms with van der Waals surface area (Å²) in [7, 11) is 1.68. The van der Waals surface area contributed by atoms with E-state index in [2.05, 4.69) is 17.1 Å².